The summed E-state index contributed by atoms with van der Waals surface area (Å²) in [4.78, 5) is 15.0. The zero-order valence-corrected chi connectivity index (χ0v) is 9.80. The number of nitrogens with zero attached hydrogens (tertiary/aromatic N) is 1. The van der Waals surface area contributed by atoms with Gasteiger partial charge in [0.2, 0.25) is 0 Å². The van der Waals surface area contributed by atoms with E-state index in [0.717, 1.165) is 6.07 Å². The SMILES string of the molecule is COC(=O)Cc1cc(C(F)F)c(N)c(CCl)n1. The molecule has 1 rings (SSSR count). The van der Waals surface area contributed by atoms with Gasteiger partial charge in [0.05, 0.1) is 36.5 Å². The van der Waals surface area contributed by atoms with Crippen LogP contribution in [0.4, 0.5) is 14.5 Å². The maximum Gasteiger partial charge on any atom is 0.311 e. The summed E-state index contributed by atoms with van der Waals surface area (Å²) >= 11 is 5.55. The molecule has 94 valence electrons. The summed E-state index contributed by atoms with van der Waals surface area (Å²) in [6.07, 6.45) is -2.93. The van der Waals surface area contributed by atoms with Crippen LogP contribution in [0.5, 0.6) is 0 Å². The molecule has 0 bridgehead atoms. The second-order valence-corrected chi connectivity index (χ2v) is 3.52. The zero-order valence-electron chi connectivity index (χ0n) is 9.04. The third-order valence-electron chi connectivity index (χ3n) is 2.14. The summed E-state index contributed by atoms with van der Waals surface area (Å²) < 4.78 is 29.8. The molecule has 0 aliphatic carbocycles. The Kier molecular flexibility index (Phi) is 4.62. The van der Waals surface area contributed by atoms with E-state index in [2.05, 4.69) is 9.72 Å². The molecule has 2 N–H and O–H groups in total. The van der Waals surface area contributed by atoms with Crippen molar-refractivity contribution >= 4 is 23.3 Å². The molecule has 0 radical (unpaired) electrons. The van der Waals surface area contributed by atoms with Crippen molar-refractivity contribution in [2.45, 2.75) is 18.7 Å². The van der Waals surface area contributed by atoms with Crippen molar-refractivity contribution in [1.29, 1.82) is 0 Å². The number of nitrogen functional groups attached to an aromatic ring is 1. The second-order valence-electron chi connectivity index (χ2n) is 3.25. The van der Waals surface area contributed by atoms with E-state index >= 15 is 0 Å². The average molecular weight is 265 g/mol. The molecule has 1 aromatic rings. The molecule has 0 fully saturated rings. The van der Waals surface area contributed by atoms with Crippen LogP contribution in [0.2, 0.25) is 0 Å². The van der Waals surface area contributed by atoms with Crippen LogP contribution in [0.25, 0.3) is 0 Å². The minimum absolute atomic E-state index is 0.0967. The zero-order chi connectivity index (χ0) is 13.0. The highest BCUT2D eigenvalue weighted by Gasteiger charge is 2.18. The first-order valence-corrected chi connectivity index (χ1v) is 5.22. The highest BCUT2D eigenvalue weighted by atomic mass is 35.5. The predicted octanol–water partition coefficient (Wildman–Crippen LogP) is 2.06. The number of carbonyl (C=O) groups is 1. The van der Waals surface area contributed by atoms with Gasteiger partial charge in [0.25, 0.3) is 6.43 Å². The van der Waals surface area contributed by atoms with Crippen LogP contribution >= 0.6 is 11.6 Å². The Labute approximate surface area is 102 Å². The monoisotopic (exact) mass is 264 g/mol. The molecule has 1 heterocycles. The minimum Gasteiger partial charge on any atom is -0.469 e. The molecule has 0 amide bonds. The number of methoxy groups -OCH3 is 1. The van der Waals surface area contributed by atoms with Crippen LogP contribution < -0.4 is 5.73 Å². The van der Waals surface area contributed by atoms with E-state index in [-0.39, 0.29) is 34.9 Å². The lowest BCUT2D eigenvalue weighted by Gasteiger charge is -2.10. The van der Waals surface area contributed by atoms with Gasteiger partial charge in [0.1, 0.15) is 0 Å². The molecule has 0 saturated carbocycles. The van der Waals surface area contributed by atoms with E-state index in [9.17, 15) is 13.6 Å². The Morgan fingerprint density at radius 1 is 1.65 bits per heavy atom. The topological polar surface area (TPSA) is 65.2 Å². The maximum atomic E-state index is 12.7. The van der Waals surface area contributed by atoms with E-state index in [0.29, 0.717) is 0 Å². The Morgan fingerprint density at radius 3 is 2.76 bits per heavy atom. The Balaban J connectivity index is 3.15. The van der Waals surface area contributed by atoms with Crippen LogP contribution in [0.1, 0.15) is 23.4 Å². The molecule has 17 heavy (non-hydrogen) atoms. The van der Waals surface area contributed by atoms with Crippen LogP contribution in [0.15, 0.2) is 6.07 Å². The van der Waals surface area contributed by atoms with E-state index in [1.54, 1.807) is 0 Å². The molecule has 0 spiro atoms. The fourth-order valence-electron chi connectivity index (χ4n) is 1.28. The molecule has 1 aromatic heterocycles. The van der Waals surface area contributed by atoms with Crippen LogP contribution in [-0.2, 0) is 21.8 Å². The largest absolute Gasteiger partial charge is 0.469 e. The van der Waals surface area contributed by atoms with Gasteiger partial charge in [-0.3, -0.25) is 9.78 Å². The first-order valence-electron chi connectivity index (χ1n) is 4.68. The number of hydrogen-bond donors (Lipinski definition) is 1. The molecule has 0 atom stereocenters. The molecule has 0 unspecified atom stereocenters. The summed E-state index contributed by atoms with van der Waals surface area (Å²) in [6.45, 7) is 0. The van der Waals surface area contributed by atoms with Crippen molar-refractivity contribution in [2.75, 3.05) is 12.8 Å². The number of ether oxygens (including phenoxy) is 1. The van der Waals surface area contributed by atoms with Crippen LogP contribution in [0, 0.1) is 0 Å². The number of carbonyl (C=O) groups excluding carboxylic acids is 1. The lowest BCUT2D eigenvalue weighted by molar-refractivity contribution is -0.139. The summed E-state index contributed by atoms with van der Waals surface area (Å²) in [5.41, 5.74) is 5.29. The second kappa shape index (κ2) is 5.77. The third kappa shape index (κ3) is 3.26. The van der Waals surface area contributed by atoms with Gasteiger partial charge in [-0.25, -0.2) is 8.78 Å². The van der Waals surface area contributed by atoms with Crippen molar-refractivity contribution in [3.63, 3.8) is 0 Å². The van der Waals surface area contributed by atoms with Gasteiger partial charge < -0.3 is 10.5 Å². The van der Waals surface area contributed by atoms with Crippen molar-refractivity contribution in [2.24, 2.45) is 0 Å². The quantitative estimate of drug-likeness (QED) is 0.668. The predicted molar refractivity (Wildman–Crippen MR) is 58.9 cm³/mol. The summed E-state index contributed by atoms with van der Waals surface area (Å²) in [5, 5.41) is 0. The average Bonchev–Trinajstić information content (AvgIpc) is 2.30. The summed E-state index contributed by atoms with van der Waals surface area (Å²) in [7, 11) is 1.20. The van der Waals surface area contributed by atoms with Gasteiger partial charge in [0, 0.05) is 5.56 Å². The van der Waals surface area contributed by atoms with E-state index in [4.69, 9.17) is 17.3 Å². The molecule has 0 aromatic carbocycles. The number of hydrogen-bond acceptors (Lipinski definition) is 4. The van der Waals surface area contributed by atoms with Crippen molar-refractivity contribution in [3.05, 3.63) is 23.0 Å². The minimum atomic E-state index is -2.74. The van der Waals surface area contributed by atoms with Gasteiger partial charge >= 0.3 is 5.97 Å². The van der Waals surface area contributed by atoms with E-state index in [1.807, 2.05) is 0 Å². The summed E-state index contributed by atoms with van der Waals surface area (Å²) in [6, 6.07) is 1.09. The first-order chi connectivity index (χ1) is 7.99. The van der Waals surface area contributed by atoms with E-state index in [1.165, 1.54) is 7.11 Å². The normalized spacial score (nSPS) is 10.6. The van der Waals surface area contributed by atoms with Gasteiger partial charge in [-0.15, -0.1) is 11.6 Å². The standard InChI is InChI=1S/C10H11ClF2N2O2/c1-17-8(16)3-5-2-6(10(12)13)9(14)7(4-11)15-5/h2,10H,3-4,14H2,1H3. The number of esters is 1. The molecule has 0 aliphatic heterocycles. The lowest BCUT2D eigenvalue weighted by atomic mass is 10.1. The number of aromatic nitrogens is 1. The Bertz CT molecular complexity index is 427. The number of anilines is 1. The number of halogens is 3. The van der Waals surface area contributed by atoms with E-state index < -0.39 is 12.4 Å². The number of alkyl halides is 3. The number of rotatable bonds is 4. The molecule has 7 heteroatoms. The van der Waals surface area contributed by atoms with Crippen LogP contribution in [0.3, 0.4) is 0 Å². The third-order valence-corrected chi connectivity index (χ3v) is 2.39. The van der Waals surface area contributed by atoms with Crippen molar-refractivity contribution < 1.29 is 18.3 Å². The number of nitrogens with two attached hydrogens (primary N) is 1. The molecular weight excluding hydrogens is 254 g/mol. The Morgan fingerprint density at radius 2 is 2.29 bits per heavy atom. The van der Waals surface area contributed by atoms with Gasteiger partial charge in [-0.1, -0.05) is 0 Å². The van der Waals surface area contributed by atoms with Gasteiger partial charge in [0.15, 0.2) is 0 Å². The molecule has 4 nitrogen and oxygen atoms in total. The Hall–Kier alpha value is -1.43. The smallest absolute Gasteiger partial charge is 0.311 e. The molecule has 0 aliphatic rings. The highest BCUT2D eigenvalue weighted by Crippen LogP contribution is 2.28. The van der Waals surface area contributed by atoms with Gasteiger partial charge in [-0.05, 0) is 6.07 Å². The fraction of sp³-hybridized carbons (Fsp3) is 0.400. The summed E-state index contributed by atoms with van der Waals surface area (Å²) in [5.74, 6) is -0.663. The first kappa shape index (κ1) is 13.6. The highest BCUT2D eigenvalue weighted by molar-refractivity contribution is 6.17. The molecular formula is C10H11ClF2N2O2. The van der Waals surface area contributed by atoms with Crippen molar-refractivity contribution in [1.82, 2.24) is 4.98 Å². The van der Waals surface area contributed by atoms with Crippen molar-refractivity contribution in [3.8, 4) is 0 Å². The maximum absolute atomic E-state index is 12.7. The fourth-order valence-corrected chi connectivity index (χ4v) is 1.49. The van der Waals surface area contributed by atoms with Crippen LogP contribution in [-0.4, -0.2) is 18.1 Å². The number of pyridine rings is 1. The van der Waals surface area contributed by atoms with Gasteiger partial charge in [-0.2, -0.15) is 0 Å². The lowest BCUT2D eigenvalue weighted by Crippen LogP contribution is -2.10. The molecule has 0 saturated heterocycles.